The standard InChI is InChI=1S/C11H14N2O/c1-12-9-4-2-8(3-5-9)10-6-7-11(14)13-10/h2-5,10,12H,6-7H2,1H3,(H,13,14). The number of carbonyl (C=O) groups is 1. The lowest BCUT2D eigenvalue weighted by atomic mass is 10.1. The van der Waals surface area contributed by atoms with Crippen LogP contribution in [0.15, 0.2) is 24.3 Å². The quantitative estimate of drug-likeness (QED) is 0.745. The Kier molecular flexibility index (Phi) is 2.39. The van der Waals surface area contributed by atoms with Crippen LogP contribution >= 0.6 is 0 Å². The van der Waals surface area contributed by atoms with E-state index >= 15 is 0 Å². The number of benzene rings is 1. The van der Waals surface area contributed by atoms with Crippen molar-refractivity contribution in [2.45, 2.75) is 18.9 Å². The number of rotatable bonds is 2. The van der Waals surface area contributed by atoms with E-state index in [1.807, 2.05) is 19.2 Å². The maximum Gasteiger partial charge on any atom is 0.220 e. The minimum Gasteiger partial charge on any atom is -0.388 e. The van der Waals surface area contributed by atoms with E-state index < -0.39 is 0 Å². The van der Waals surface area contributed by atoms with Crippen LogP contribution in [0.5, 0.6) is 0 Å². The smallest absolute Gasteiger partial charge is 0.220 e. The summed E-state index contributed by atoms with van der Waals surface area (Å²) in [5, 5.41) is 6.01. The van der Waals surface area contributed by atoms with Crippen molar-refractivity contribution in [2.24, 2.45) is 0 Å². The van der Waals surface area contributed by atoms with E-state index in [1.165, 1.54) is 5.56 Å². The van der Waals surface area contributed by atoms with Gasteiger partial charge in [0.05, 0.1) is 6.04 Å². The molecule has 3 nitrogen and oxygen atoms in total. The molecule has 1 saturated heterocycles. The molecular formula is C11H14N2O. The molecule has 1 aromatic carbocycles. The molecule has 14 heavy (non-hydrogen) atoms. The molecule has 3 heteroatoms. The first-order chi connectivity index (χ1) is 6.79. The van der Waals surface area contributed by atoms with Gasteiger partial charge in [-0.1, -0.05) is 12.1 Å². The van der Waals surface area contributed by atoms with Crippen LogP contribution in [-0.4, -0.2) is 13.0 Å². The van der Waals surface area contributed by atoms with Crippen molar-refractivity contribution in [1.29, 1.82) is 0 Å². The number of amides is 1. The molecule has 74 valence electrons. The third kappa shape index (κ3) is 1.71. The molecule has 1 amide bonds. The summed E-state index contributed by atoms with van der Waals surface area (Å²) < 4.78 is 0. The molecule has 1 aliphatic rings. The Hall–Kier alpha value is -1.51. The molecule has 0 bridgehead atoms. The Balaban J connectivity index is 2.13. The fourth-order valence-corrected chi connectivity index (χ4v) is 1.75. The Morgan fingerprint density at radius 2 is 2.07 bits per heavy atom. The SMILES string of the molecule is CNc1ccc(C2CCC(=O)N2)cc1. The van der Waals surface area contributed by atoms with Crippen LogP contribution in [0.25, 0.3) is 0 Å². The number of nitrogens with one attached hydrogen (secondary N) is 2. The third-order valence-electron chi connectivity index (χ3n) is 2.60. The van der Waals surface area contributed by atoms with Gasteiger partial charge in [0.1, 0.15) is 0 Å². The fourth-order valence-electron chi connectivity index (χ4n) is 1.75. The van der Waals surface area contributed by atoms with Gasteiger partial charge in [0, 0.05) is 19.2 Å². The molecule has 0 radical (unpaired) electrons. The molecule has 0 spiro atoms. The van der Waals surface area contributed by atoms with Crippen molar-refractivity contribution in [3.63, 3.8) is 0 Å². The summed E-state index contributed by atoms with van der Waals surface area (Å²) in [6.07, 6.45) is 1.57. The van der Waals surface area contributed by atoms with Crippen molar-refractivity contribution < 1.29 is 4.79 Å². The van der Waals surface area contributed by atoms with Gasteiger partial charge in [0.25, 0.3) is 0 Å². The van der Waals surface area contributed by atoms with Crippen LogP contribution in [0.4, 0.5) is 5.69 Å². The number of anilines is 1. The van der Waals surface area contributed by atoms with E-state index in [2.05, 4.69) is 22.8 Å². The molecular weight excluding hydrogens is 176 g/mol. The highest BCUT2D eigenvalue weighted by atomic mass is 16.1. The summed E-state index contributed by atoms with van der Waals surface area (Å²) in [5.41, 5.74) is 2.29. The molecule has 1 aliphatic heterocycles. The fraction of sp³-hybridized carbons (Fsp3) is 0.364. The summed E-state index contributed by atoms with van der Waals surface area (Å²) in [6, 6.07) is 8.39. The molecule has 1 aromatic rings. The van der Waals surface area contributed by atoms with Gasteiger partial charge in [-0.15, -0.1) is 0 Å². The van der Waals surface area contributed by atoms with E-state index in [4.69, 9.17) is 0 Å². The average Bonchev–Trinajstić information content (AvgIpc) is 2.65. The van der Waals surface area contributed by atoms with Gasteiger partial charge >= 0.3 is 0 Å². The van der Waals surface area contributed by atoms with Crippen molar-refractivity contribution in [2.75, 3.05) is 12.4 Å². The van der Waals surface area contributed by atoms with Gasteiger partial charge in [-0.3, -0.25) is 4.79 Å². The summed E-state index contributed by atoms with van der Waals surface area (Å²) >= 11 is 0. The highest BCUT2D eigenvalue weighted by Gasteiger charge is 2.21. The lowest BCUT2D eigenvalue weighted by Crippen LogP contribution is -2.18. The predicted molar refractivity (Wildman–Crippen MR) is 56.1 cm³/mol. The molecule has 2 rings (SSSR count). The van der Waals surface area contributed by atoms with Gasteiger partial charge in [0.2, 0.25) is 5.91 Å². The lowest BCUT2D eigenvalue weighted by molar-refractivity contribution is -0.119. The summed E-state index contributed by atoms with van der Waals surface area (Å²) in [7, 11) is 1.90. The zero-order valence-electron chi connectivity index (χ0n) is 8.21. The van der Waals surface area contributed by atoms with Crippen LogP contribution < -0.4 is 10.6 Å². The van der Waals surface area contributed by atoms with Crippen molar-refractivity contribution in [3.8, 4) is 0 Å². The first kappa shape index (κ1) is 9.06. The van der Waals surface area contributed by atoms with E-state index in [1.54, 1.807) is 0 Å². The molecule has 1 unspecified atom stereocenters. The Labute approximate surface area is 83.5 Å². The Morgan fingerprint density at radius 1 is 1.36 bits per heavy atom. The maximum atomic E-state index is 11.0. The average molecular weight is 190 g/mol. The second-order valence-corrected chi connectivity index (χ2v) is 3.53. The van der Waals surface area contributed by atoms with Crippen LogP contribution in [0.3, 0.4) is 0 Å². The molecule has 2 N–H and O–H groups in total. The number of hydrogen-bond acceptors (Lipinski definition) is 2. The van der Waals surface area contributed by atoms with E-state index in [0.29, 0.717) is 6.42 Å². The van der Waals surface area contributed by atoms with Gasteiger partial charge in [0.15, 0.2) is 0 Å². The van der Waals surface area contributed by atoms with Crippen LogP contribution in [0.1, 0.15) is 24.4 Å². The minimum absolute atomic E-state index is 0.160. The second-order valence-electron chi connectivity index (χ2n) is 3.53. The Bertz CT molecular complexity index is 332. The summed E-state index contributed by atoms with van der Waals surface area (Å²) in [5.74, 6) is 0.160. The van der Waals surface area contributed by atoms with Gasteiger partial charge in [-0.05, 0) is 24.1 Å². The molecule has 1 atom stereocenters. The van der Waals surface area contributed by atoms with Crippen LogP contribution in [0.2, 0.25) is 0 Å². The zero-order valence-corrected chi connectivity index (χ0v) is 8.21. The largest absolute Gasteiger partial charge is 0.388 e. The van der Waals surface area contributed by atoms with Crippen LogP contribution in [-0.2, 0) is 4.79 Å². The van der Waals surface area contributed by atoms with Crippen molar-refractivity contribution in [1.82, 2.24) is 5.32 Å². The minimum atomic E-state index is 0.160. The molecule has 0 aromatic heterocycles. The number of hydrogen-bond donors (Lipinski definition) is 2. The highest BCUT2D eigenvalue weighted by Crippen LogP contribution is 2.24. The van der Waals surface area contributed by atoms with Crippen LogP contribution in [0, 0.1) is 0 Å². The summed E-state index contributed by atoms with van der Waals surface area (Å²) in [4.78, 5) is 11.0. The topological polar surface area (TPSA) is 41.1 Å². The zero-order chi connectivity index (χ0) is 9.97. The first-order valence-corrected chi connectivity index (χ1v) is 4.86. The normalized spacial score (nSPS) is 20.6. The van der Waals surface area contributed by atoms with E-state index in [0.717, 1.165) is 12.1 Å². The van der Waals surface area contributed by atoms with E-state index in [-0.39, 0.29) is 11.9 Å². The second kappa shape index (κ2) is 3.70. The molecule has 0 aliphatic carbocycles. The Morgan fingerprint density at radius 3 is 2.57 bits per heavy atom. The monoisotopic (exact) mass is 190 g/mol. The highest BCUT2D eigenvalue weighted by molar-refractivity contribution is 5.78. The lowest BCUT2D eigenvalue weighted by Gasteiger charge is -2.10. The third-order valence-corrected chi connectivity index (χ3v) is 2.60. The van der Waals surface area contributed by atoms with Gasteiger partial charge < -0.3 is 10.6 Å². The number of carbonyl (C=O) groups excluding carboxylic acids is 1. The summed E-state index contributed by atoms with van der Waals surface area (Å²) in [6.45, 7) is 0. The molecule has 0 saturated carbocycles. The van der Waals surface area contributed by atoms with Crippen molar-refractivity contribution >= 4 is 11.6 Å². The molecule has 1 heterocycles. The van der Waals surface area contributed by atoms with Gasteiger partial charge in [-0.2, -0.15) is 0 Å². The van der Waals surface area contributed by atoms with Gasteiger partial charge in [-0.25, -0.2) is 0 Å². The molecule has 1 fully saturated rings. The van der Waals surface area contributed by atoms with E-state index in [9.17, 15) is 4.79 Å². The first-order valence-electron chi connectivity index (χ1n) is 4.86. The van der Waals surface area contributed by atoms with Crippen molar-refractivity contribution in [3.05, 3.63) is 29.8 Å². The maximum absolute atomic E-state index is 11.0. The predicted octanol–water partition coefficient (Wildman–Crippen LogP) is 1.68.